The van der Waals surface area contributed by atoms with Crippen LogP contribution >= 0.6 is 0 Å². The van der Waals surface area contributed by atoms with Gasteiger partial charge in [-0.25, -0.2) is 0 Å². The number of nitrogens with one attached hydrogen (secondary N) is 1. The summed E-state index contributed by atoms with van der Waals surface area (Å²) in [5.41, 5.74) is 0. The second-order valence-corrected chi connectivity index (χ2v) is 5.16. The molecule has 1 aromatic heterocycles. The van der Waals surface area contributed by atoms with Gasteiger partial charge in [-0.2, -0.15) is 5.10 Å². The molecular weight excluding hydrogens is 236 g/mol. The van der Waals surface area contributed by atoms with Crippen LogP contribution in [0.5, 0.6) is 0 Å². The Hall–Kier alpha value is -1.68. The van der Waals surface area contributed by atoms with Gasteiger partial charge >= 0.3 is 0 Å². The number of benzene rings is 1. The minimum atomic E-state index is 0.480. The molecule has 0 radical (unpaired) electrons. The van der Waals surface area contributed by atoms with E-state index in [2.05, 4.69) is 45.5 Å². The normalized spacial score (nSPS) is 20.6. The number of piperidine rings is 1. The Bertz CT molecular complexity index is 549. The predicted molar refractivity (Wildman–Crippen MR) is 78.3 cm³/mol. The third-order valence-electron chi connectivity index (χ3n) is 3.86. The van der Waals surface area contributed by atoms with Crippen LogP contribution in [-0.2, 0) is 0 Å². The molecule has 1 atom stereocenters. The molecule has 0 amide bonds. The molecule has 1 aliphatic rings. The summed E-state index contributed by atoms with van der Waals surface area (Å²) in [6.45, 7) is 5.66. The molecule has 0 bridgehead atoms. The van der Waals surface area contributed by atoms with E-state index in [9.17, 15) is 0 Å². The van der Waals surface area contributed by atoms with Gasteiger partial charge < -0.3 is 10.2 Å². The molecule has 1 saturated heterocycles. The van der Waals surface area contributed by atoms with Crippen molar-refractivity contribution in [2.45, 2.75) is 25.8 Å². The van der Waals surface area contributed by atoms with Gasteiger partial charge in [0, 0.05) is 23.4 Å². The Morgan fingerprint density at radius 3 is 3.16 bits per heavy atom. The summed E-state index contributed by atoms with van der Waals surface area (Å²) >= 11 is 0. The molecule has 19 heavy (non-hydrogen) atoms. The van der Waals surface area contributed by atoms with Crippen LogP contribution in [-0.4, -0.2) is 40.8 Å². The standard InChI is InChI=1S/C15H20N4/c1-2-19-9-5-7-13(11-19)17-15-14-8-4-3-6-12(14)10-16-18-15/h3-4,6,8,10,13H,2,5,7,9,11H2,1H3,(H,17,18). The molecule has 4 nitrogen and oxygen atoms in total. The number of hydrogen-bond acceptors (Lipinski definition) is 4. The highest BCUT2D eigenvalue weighted by molar-refractivity contribution is 5.90. The maximum Gasteiger partial charge on any atom is 0.156 e. The highest BCUT2D eigenvalue weighted by atomic mass is 15.2. The number of anilines is 1. The van der Waals surface area contributed by atoms with Crippen LogP contribution in [0, 0.1) is 0 Å². The Morgan fingerprint density at radius 2 is 2.26 bits per heavy atom. The summed E-state index contributed by atoms with van der Waals surface area (Å²) in [6, 6.07) is 8.75. The van der Waals surface area contributed by atoms with E-state index in [1.54, 1.807) is 0 Å². The lowest BCUT2D eigenvalue weighted by Crippen LogP contribution is -2.42. The summed E-state index contributed by atoms with van der Waals surface area (Å²) in [5.74, 6) is 0.918. The maximum absolute atomic E-state index is 4.27. The van der Waals surface area contributed by atoms with Crippen molar-refractivity contribution in [3.63, 3.8) is 0 Å². The zero-order chi connectivity index (χ0) is 13.1. The molecule has 1 aromatic carbocycles. The van der Waals surface area contributed by atoms with Crippen molar-refractivity contribution < 1.29 is 0 Å². The highest BCUT2D eigenvalue weighted by Crippen LogP contribution is 2.22. The first-order valence-electron chi connectivity index (χ1n) is 7.06. The van der Waals surface area contributed by atoms with Gasteiger partial charge in [0.25, 0.3) is 0 Å². The second kappa shape index (κ2) is 5.53. The lowest BCUT2D eigenvalue weighted by atomic mass is 10.1. The van der Waals surface area contributed by atoms with Crippen molar-refractivity contribution in [3.05, 3.63) is 30.5 Å². The molecule has 1 fully saturated rings. The number of likely N-dealkylation sites (N-methyl/N-ethyl adjacent to an activating group) is 1. The zero-order valence-corrected chi connectivity index (χ0v) is 11.3. The average molecular weight is 256 g/mol. The number of nitrogens with zero attached hydrogens (tertiary/aromatic N) is 3. The van der Waals surface area contributed by atoms with Gasteiger partial charge in [-0.3, -0.25) is 0 Å². The van der Waals surface area contributed by atoms with E-state index in [4.69, 9.17) is 0 Å². The fourth-order valence-electron chi connectivity index (χ4n) is 2.79. The smallest absolute Gasteiger partial charge is 0.156 e. The Morgan fingerprint density at radius 1 is 1.37 bits per heavy atom. The fourth-order valence-corrected chi connectivity index (χ4v) is 2.79. The largest absolute Gasteiger partial charge is 0.364 e. The van der Waals surface area contributed by atoms with E-state index < -0.39 is 0 Å². The van der Waals surface area contributed by atoms with E-state index >= 15 is 0 Å². The number of aromatic nitrogens is 2. The van der Waals surface area contributed by atoms with Crippen LogP contribution in [0.1, 0.15) is 19.8 Å². The second-order valence-electron chi connectivity index (χ2n) is 5.16. The molecule has 4 heteroatoms. The third kappa shape index (κ3) is 2.68. The maximum atomic E-state index is 4.27. The quantitative estimate of drug-likeness (QED) is 0.916. The lowest BCUT2D eigenvalue weighted by Gasteiger charge is -2.32. The zero-order valence-electron chi connectivity index (χ0n) is 11.3. The molecule has 100 valence electrons. The van der Waals surface area contributed by atoms with Gasteiger partial charge in [-0.1, -0.05) is 31.2 Å². The molecule has 0 saturated carbocycles. The molecule has 1 unspecified atom stereocenters. The van der Waals surface area contributed by atoms with E-state index in [1.807, 2.05) is 12.3 Å². The summed E-state index contributed by atoms with van der Waals surface area (Å²) in [5, 5.41) is 14.2. The van der Waals surface area contributed by atoms with Gasteiger partial charge in [-0.15, -0.1) is 5.10 Å². The first-order valence-corrected chi connectivity index (χ1v) is 7.06. The fraction of sp³-hybridized carbons (Fsp3) is 0.467. The first-order chi connectivity index (χ1) is 9.36. The van der Waals surface area contributed by atoms with Crippen LogP contribution in [0.15, 0.2) is 30.5 Å². The van der Waals surface area contributed by atoms with E-state index in [0.29, 0.717) is 6.04 Å². The topological polar surface area (TPSA) is 41.0 Å². The average Bonchev–Trinajstić information content (AvgIpc) is 2.48. The van der Waals surface area contributed by atoms with Crippen LogP contribution in [0.3, 0.4) is 0 Å². The van der Waals surface area contributed by atoms with Gasteiger partial charge in [0.2, 0.25) is 0 Å². The molecule has 1 aliphatic heterocycles. The number of hydrogen-bond donors (Lipinski definition) is 1. The SMILES string of the molecule is CCN1CCCC(Nc2nncc3ccccc23)C1. The molecule has 0 spiro atoms. The molecule has 2 heterocycles. The van der Waals surface area contributed by atoms with E-state index in [0.717, 1.165) is 29.7 Å². The monoisotopic (exact) mass is 256 g/mol. The van der Waals surface area contributed by atoms with Gasteiger partial charge in [0.1, 0.15) is 0 Å². The number of fused-ring (bicyclic) bond motifs is 1. The van der Waals surface area contributed by atoms with Crippen molar-refractivity contribution in [2.75, 3.05) is 25.0 Å². The predicted octanol–water partition coefficient (Wildman–Crippen LogP) is 2.53. The van der Waals surface area contributed by atoms with E-state index in [1.165, 1.54) is 19.4 Å². The van der Waals surface area contributed by atoms with Crippen LogP contribution in [0.2, 0.25) is 0 Å². The van der Waals surface area contributed by atoms with Crippen LogP contribution < -0.4 is 5.32 Å². The highest BCUT2D eigenvalue weighted by Gasteiger charge is 2.19. The molecule has 2 aromatic rings. The Balaban J connectivity index is 1.81. The van der Waals surface area contributed by atoms with Crippen LogP contribution in [0.4, 0.5) is 5.82 Å². The van der Waals surface area contributed by atoms with Gasteiger partial charge in [0.05, 0.1) is 6.20 Å². The van der Waals surface area contributed by atoms with Crippen molar-refractivity contribution in [3.8, 4) is 0 Å². The van der Waals surface area contributed by atoms with Gasteiger partial charge in [-0.05, 0) is 25.9 Å². The minimum Gasteiger partial charge on any atom is -0.364 e. The van der Waals surface area contributed by atoms with Crippen LogP contribution in [0.25, 0.3) is 10.8 Å². The molecule has 0 aliphatic carbocycles. The molecule has 1 N–H and O–H groups in total. The molecular formula is C15H20N4. The molecule has 3 rings (SSSR count). The van der Waals surface area contributed by atoms with Gasteiger partial charge in [0.15, 0.2) is 5.82 Å². The summed E-state index contributed by atoms with van der Waals surface area (Å²) < 4.78 is 0. The van der Waals surface area contributed by atoms with Crippen molar-refractivity contribution in [1.29, 1.82) is 0 Å². The first kappa shape index (κ1) is 12.4. The van der Waals surface area contributed by atoms with Crippen molar-refractivity contribution in [1.82, 2.24) is 15.1 Å². The number of likely N-dealkylation sites (tertiary alicyclic amines) is 1. The van der Waals surface area contributed by atoms with Crippen molar-refractivity contribution >= 4 is 16.6 Å². The Kier molecular flexibility index (Phi) is 3.60. The lowest BCUT2D eigenvalue weighted by molar-refractivity contribution is 0.226. The van der Waals surface area contributed by atoms with E-state index in [-0.39, 0.29) is 0 Å². The van der Waals surface area contributed by atoms with Crippen molar-refractivity contribution in [2.24, 2.45) is 0 Å². The number of rotatable bonds is 3. The summed E-state index contributed by atoms with van der Waals surface area (Å²) in [6.07, 6.45) is 4.28. The summed E-state index contributed by atoms with van der Waals surface area (Å²) in [4.78, 5) is 2.49. The summed E-state index contributed by atoms with van der Waals surface area (Å²) in [7, 11) is 0. The Labute approximate surface area is 113 Å². The minimum absolute atomic E-state index is 0.480. The third-order valence-corrected chi connectivity index (χ3v) is 3.86.